The highest BCUT2D eigenvalue weighted by atomic mass is 32.2. The summed E-state index contributed by atoms with van der Waals surface area (Å²) in [5, 5.41) is 20.9. The molecule has 5 aromatic rings. The molecule has 0 aliphatic carbocycles. The predicted octanol–water partition coefficient (Wildman–Crippen LogP) is 6.40. The largest absolute Gasteiger partial charge is 0.345 e. The van der Waals surface area contributed by atoms with Crippen molar-refractivity contribution >= 4 is 40.6 Å². The summed E-state index contributed by atoms with van der Waals surface area (Å²) in [5.41, 5.74) is 5.82. The molecule has 10 heteroatoms. The summed E-state index contributed by atoms with van der Waals surface area (Å²) in [6.45, 7) is 4.73. The molecule has 0 saturated carbocycles. The number of carbonyl (C=O) groups is 2. The molecule has 1 aliphatic rings. The van der Waals surface area contributed by atoms with Crippen molar-refractivity contribution < 1.29 is 9.59 Å². The van der Waals surface area contributed by atoms with Crippen LogP contribution in [0.2, 0.25) is 0 Å². The van der Waals surface area contributed by atoms with E-state index >= 15 is 0 Å². The number of thiophene rings is 1. The van der Waals surface area contributed by atoms with Crippen LogP contribution >= 0.6 is 23.1 Å². The maximum atomic E-state index is 13.7. The Bertz CT molecular complexity index is 1780. The van der Waals surface area contributed by atoms with Crippen LogP contribution in [-0.2, 0) is 17.9 Å². The van der Waals surface area contributed by atoms with Gasteiger partial charge in [0.25, 0.3) is 11.8 Å². The Labute approximate surface area is 264 Å². The minimum Gasteiger partial charge on any atom is -0.345 e. The van der Waals surface area contributed by atoms with Gasteiger partial charge in [0.15, 0.2) is 11.0 Å². The van der Waals surface area contributed by atoms with Crippen molar-refractivity contribution in [3.63, 3.8) is 0 Å². The fourth-order valence-corrected chi connectivity index (χ4v) is 6.63. The van der Waals surface area contributed by atoms with Crippen molar-refractivity contribution in [3.8, 4) is 0 Å². The van der Waals surface area contributed by atoms with Crippen molar-refractivity contribution in [1.29, 1.82) is 0 Å². The first-order chi connectivity index (χ1) is 21.4. The van der Waals surface area contributed by atoms with Crippen LogP contribution in [0.25, 0.3) is 0 Å². The molecule has 6 rings (SSSR count). The second-order valence-electron chi connectivity index (χ2n) is 10.7. The van der Waals surface area contributed by atoms with Gasteiger partial charge in [-0.2, -0.15) is 5.10 Å². The van der Waals surface area contributed by atoms with Crippen LogP contribution in [0.1, 0.15) is 55.8 Å². The summed E-state index contributed by atoms with van der Waals surface area (Å²) < 4.78 is 1.96. The zero-order valence-electron chi connectivity index (χ0n) is 24.5. The van der Waals surface area contributed by atoms with Crippen molar-refractivity contribution in [3.05, 3.63) is 135 Å². The predicted molar refractivity (Wildman–Crippen MR) is 175 cm³/mol. The Morgan fingerprint density at radius 3 is 2.50 bits per heavy atom. The first-order valence-electron chi connectivity index (χ1n) is 14.4. The molecule has 3 aromatic carbocycles. The van der Waals surface area contributed by atoms with Crippen molar-refractivity contribution in [1.82, 2.24) is 25.1 Å². The molecular weight excluding hydrogens is 589 g/mol. The number of thioether (sulfide) groups is 1. The van der Waals surface area contributed by atoms with Crippen LogP contribution in [0.4, 0.5) is 0 Å². The normalized spacial score (nSPS) is 14.5. The topological polar surface area (TPSA) is 92.5 Å². The lowest BCUT2D eigenvalue weighted by molar-refractivity contribution is -0.130. The van der Waals surface area contributed by atoms with Crippen LogP contribution in [0.15, 0.2) is 107 Å². The highest BCUT2D eigenvalue weighted by molar-refractivity contribution is 7.99. The monoisotopic (exact) mass is 620 g/mol. The van der Waals surface area contributed by atoms with Gasteiger partial charge in [0, 0.05) is 12.0 Å². The molecule has 1 atom stereocenters. The Morgan fingerprint density at radius 2 is 1.75 bits per heavy atom. The van der Waals surface area contributed by atoms with E-state index in [1.807, 2.05) is 77.5 Å². The Kier molecular flexibility index (Phi) is 8.99. The van der Waals surface area contributed by atoms with E-state index in [1.54, 1.807) is 22.4 Å². The van der Waals surface area contributed by atoms with E-state index in [4.69, 9.17) is 5.10 Å². The third-order valence-electron chi connectivity index (χ3n) is 7.42. The number of hydrogen-bond acceptors (Lipinski definition) is 7. The standard InChI is InChI=1S/C34H32N6O2S2/c1-23-13-15-26(16-14-23)29-19-28(30-12-7-17-43-30)38-40(29)32(41)22-44-34-37-36-31(39(34)21-25-9-4-3-5-10-25)20-35-33(42)27-11-6-8-24(2)18-27/h3-18,29H,19-22H2,1-2H3,(H,35,42). The molecule has 1 unspecified atom stereocenters. The average Bonchev–Trinajstić information content (AvgIpc) is 3.80. The van der Waals surface area contributed by atoms with E-state index in [0.29, 0.717) is 29.5 Å². The van der Waals surface area contributed by atoms with Crippen LogP contribution in [0.3, 0.4) is 0 Å². The quantitative estimate of drug-likeness (QED) is 0.182. The molecular formula is C34H32N6O2S2. The zero-order chi connectivity index (χ0) is 30.5. The molecule has 0 saturated heterocycles. The fraction of sp³-hybridized carbons (Fsp3) is 0.206. The molecule has 2 aromatic heterocycles. The number of aromatic nitrogens is 3. The second kappa shape index (κ2) is 13.4. The highest BCUT2D eigenvalue weighted by Crippen LogP contribution is 2.35. The summed E-state index contributed by atoms with van der Waals surface area (Å²) in [6.07, 6.45) is 0.662. The van der Waals surface area contributed by atoms with E-state index in [1.165, 1.54) is 17.3 Å². The van der Waals surface area contributed by atoms with Crippen LogP contribution < -0.4 is 5.32 Å². The Morgan fingerprint density at radius 1 is 0.932 bits per heavy atom. The minimum absolute atomic E-state index is 0.101. The number of carbonyl (C=O) groups excluding carboxylic acids is 2. The lowest BCUT2D eigenvalue weighted by atomic mass is 10.00. The van der Waals surface area contributed by atoms with Crippen molar-refractivity contribution in [2.24, 2.45) is 5.10 Å². The third kappa shape index (κ3) is 6.82. The van der Waals surface area contributed by atoms with Gasteiger partial charge < -0.3 is 9.88 Å². The van der Waals surface area contributed by atoms with E-state index in [2.05, 4.69) is 46.7 Å². The molecule has 1 N–H and O–H groups in total. The number of hydrogen-bond donors (Lipinski definition) is 1. The molecule has 44 heavy (non-hydrogen) atoms. The Hall–Kier alpha value is -4.54. The number of benzene rings is 3. The van der Waals surface area contributed by atoms with Gasteiger partial charge in [0.05, 0.1) is 35.5 Å². The summed E-state index contributed by atoms with van der Waals surface area (Å²) in [4.78, 5) is 27.7. The maximum absolute atomic E-state index is 13.7. The second-order valence-corrected chi connectivity index (χ2v) is 12.6. The van der Waals surface area contributed by atoms with Gasteiger partial charge in [-0.25, -0.2) is 5.01 Å². The summed E-state index contributed by atoms with van der Waals surface area (Å²) >= 11 is 2.96. The molecule has 2 amide bonds. The van der Waals surface area contributed by atoms with Gasteiger partial charge in [-0.1, -0.05) is 95.7 Å². The number of nitrogens with zero attached hydrogens (tertiary/aromatic N) is 5. The summed E-state index contributed by atoms with van der Waals surface area (Å²) in [5.74, 6) is 0.478. The lowest BCUT2D eigenvalue weighted by Gasteiger charge is -2.22. The molecule has 0 spiro atoms. The van der Waals surface area contributed by atoms with Crippen molar-refractivity contribution in [2.75, 3.05) is 5.75 Å². The van der Waals surface area contributed by atoms with Crippen molar-refractivity contribution in [2.45, 2.75) is 44.6 Å². The van der Waals surface area contributed by atoms with E-state index in [0.717, 1.165) is 27.3 Å². The number of aryl methyl sites for hydroxylation is 2. The van der Waals surface area contributed by atoms with Crippen LogP contribution in [0, 0.1) is 13.8 Å². The Balaban J connectivity index is 1.21. The third-order valence-corrected chi connectivity index (χ3v) is 9.29. The summed E-state index contributed by atoms with van der Waals surface area (Å²) in [7, 11) is 0. The molecule has 0 radical (unpaired) electrons. The molecule has 0 fully saturated rings. The van der Waals surface area contributed by atoms with E-state index in [-0.39, 0.29) is 30.2 Å². The molecule has 1 aliphatic heterocycles. The van der Waals surface area contributed by atoms with Gasteiger partial charge in [-0.3, -0.25) is 9.59 Å². The van der Waals surface area contributed by atoms with Gasteiger partial charge in [0.2, 0.25) is 0 Å². The van der Waals surface area contributed by atoms with Gasteiger partial charge in [-0.05, 0) is 48.6 Å². The van der Waals surface area contributed by atoms with E-state index in [9.17, 15) is 9.59 Å². The number of rotatable bonds is 10. The first-order valence-corrected chi connectivity index (χ1v) is 16.2. The minimum atomic E-state index is -0.178. The zero-order valence-corrected chi connectivity index (χ0v) is 26.1. The van der Waals surface area contributed by atoms with Crippen LogP contribution in [0.5, 0.6) is 0 Å². The highest BCUT2D eigenvalue weighted by Gasteiger charge is 2.33. The number of nitrogens with one attached hydrogen (secondary N) is 1. The van der Waals surface area contributed by atoms with Gasteiger partial charge in [0.1, 0.15) is 0 Å². The average molecular weight is 621 g/mol. The SMILES string of the molecule is Cc1ccc(C2CC(c3cccs3)=NN2C(=O)CSc2nnc(CNC(=O)c3cccc(C)c3)n2Cc2ccccc2)cc1. The number of amides is 2. The summed E-state index contributed by atoms with van der Waals surface area (Å²) in [6, 6.07) is 29.6. The smallest absolute Gasteiger partial charge is 0.253 e. The molecule has 3 heterocycles. The first kappa shape index (κ1) is 29.5. The van der Waals surface area contributed by atoms with Gasteiger partial charge in [-0.15, -0.1) is 21.5 Å². The fourth-order valence-electron chi connectivity index (χ4n) is 5.10. The van der Waals surface area contributed by atoms with Crippen LogP contribution in [-0.4, -0.2) is 43.1 Å². The number of hydrazone groups is 1. The molecule has 222 valence electrons. The van der Waals surface area contributed by atoms with E-state index < -0.39 is 0 Å². The maximum Gasteiger partial charge on any atom is 0.253 e. The molecule has 0 bridgehead atoms. The lowest BCUT2D eigenvalue weighted by Crippen LogP contribution is -2.28. The molecule has 8 nitrogen and oxygen atoms in total. The van der Waals surface area contributed by atoms with Gasteiger partial charge >= 0.3 is 0 Å².